The highest BCUT2D eigenvalue weighted by Crippen LogP contribution is 2.29. The van der Waals surface area contributed by atoms with E-state index in [1.54, 1.807) is 0 Å². The average Bonchev–Trinajstić information content (AvgIpc) is 2.26. The summed E-state index contributed by atoms with van der Waals surface area (Å²) in [5, 5.41) is 0. The van der Waals surface area contributed by atoms with Crippen LogP contribution in [0, 0.1) is 11.6 Å². The van der Waals surface area contributed by atoms with Gasteiger partial charge < -0.3 is 4.74 Å². The van der Waals surface area contributed by atoms with Crippen LogP contribution in [0.3, 0.4) is 0 Å². The Labute approximate surface area is 117 Å². The van der Waals surface area contributed by atoms with Crippen molar-refractivity contribution in [1.29, 1.82) is 0 Å². The summed E-state index contributed by atoms with van der Waals surface area (Å²) in [6, 6.07) is 8.00. The fraction of sp³-hybridized carbons (Fsp3) is 0.0714. The average molecular weight is 327 g/mol. The van der Waals surface area contributed by atoms with Crippen LogP contribution in [0.25, 0.3) is 0 Å². The van der Waals surface area contributed by atoms with E-state index in [4.69, 9.17) is 4.74 Å². The van der Waals surface area contributed by atoms with Crippen LogP contribution in [-0.4, -0.2) is 5.78 Å². The molecule has 2 aromatic rings. The van der Waals surface area contributed by atoms with Crippen LogP contribution < -0.4 is 4.74 Å². The van der Waals surface area contributed by atoms with Crippen molar-refractivity contribution in [3.8, 4) is 11.5 Å². The molecule has 2 nitrogen and oxygen atoms in total. The molecule has 0 saturated heterocycles. The normalized spacial score (nSPS) is 10.3. The number of ketones is 1. The maximum absolute atomic E-state index is 13.6. The SMILES string of the molecule is CC(=O)c1c(F)cccc1Oc1cc(F)cc(Br)c1. The van der Waals surface area contributed by atoms with Crippen LogP contribution in [0.2, 0.25) is 0 Å². The predicted molar refractivity (Wildman–Crippen MR) is 70.6 cm³/mol. The van der Waals surface area contributed by atoms with Gasteiger partial charge in [-0.3, -0.25) is 4.79 Å². The molecule has 2 rings (SSSR count). The van der Waals surface area contributed by atoms with Gasteiger partial charge in [0.15, 0.2) is 5.78 Å². The van der Waals surface area contributed by atoms with Crippen molar-refractivity contribution < 1.29 is 18.3 Å². The summed E-state index contributed by atoms with van der Waals surface area (Å²) >= 11 is 3.13. The minimum atomic E-state index is -0.666. The molecule has 0 heterocycles. The maximum atomic E-state index is 13.6. The Balaban J connectivity index is 2.43. The molecule has 0 spiro atoms. The number of carbonyl (C=O) groups excluding carboxylic acids is 1. The standard InChI is InChI=1S/C14H9BrF2O2/c1-8(18)14-12(17)3-2-4-13(14)19-11-6-9(15)5-10(16)7-11/h2-7H,1H3. The quantitative estimate of drug-likeness (QED) is 0.763. The van der Waals surface area contributed by atoms with E-state index in [1.165, 1.54) is 37.3 Å². The fourth-order valence-electron chi connectivity index (χ4n) is 1.65. The van der Waals surface area contributed by atoms with E-state index in [9.17, 15) is 13.6 Å². The van der Waals surface area contributed by atoms with Crippen molar-refractivity contribution in [1.82, 2.24) is 0 Å². The molecule has 0 aliphatic carbocycles. The largest absolute Gasteiger partial charge is 0.456 e. The van der Waals surface area contributed by atoms with E-state index in [0.717, 1.165) is 6.07 Å². The molecule has 0 aromatic heterocycles. The van der Waals surface area contributed by atoms with Crippen molar-refractivity contribution in [2.45, 2.75) is 6.92 Å². The summed E-state index contributed by atoms with van der Waals surface area (Å²) in [4.78, 5) is 11.4. The Morgan fingerprint density at radius 1 is 1.21 bits per heavy atom. The van der Waals surface area contributed by atoms with E-state index in [0.29, 0.717) is 4.47 Å². The molecular formula is C14H9BrF2O2. The van der Waals surface area contributed by atoms with Crippen molar-refractivity contribution in [2.75, 3.05) is 0 Å². The minimum Gasteiger partial charge on any atom is -0.456 e. The molecule has 0 saturated carbocycles. The molecule has 0 bridgehead atoms. The molecule has 98 valence electrons. The number of Topliss-reactive ketones (excluding diaryl/α,β-unsaturated/α-hetero) is 1. The Kier molecular flexibility index (Phi) is 3.95. The summed E-state index contributed by atoms with van der Waals surface area (Å²) in [5.74, 6) is -1.38. The molecule has 0 N–H and O–H groups in total. The molecule has 0 aliphatic rings. The third kappa shape index (κ3) is 3.17. The van der Waals surface area contributed by atoms with E-state index in [1.807, 2.05) is 0 Å². The third-order valence-corrected chi connectivity index (χ3v) is 2.85. The smallest absolute Gasteiger partial charge is 0.166 e. The second-order valence-electron chi connectivity index (χ2n) is 3.88. The first kappa shape index (κ1) is 13.7. The lowest BCUT2D eigenvalue weighted by atomic mass is 10.1. The van der Waals surface area contributed by atoms with E-state index >= 15 is 0 Å². The van der Waals surface area contributed by atoms with Gasteiger partial charge in [-0.2, -0.15) is 0 Å². The van der Waals surface area contributed by atoms with Gasteiger partial charge in [-0.05, 0) is 31.2 Å². The second kappa shape index (κ2) is 5.48. The van der Waals surface area contributed by atoms with Crippen molar-refractivity contribution in [3.05, 3.63) is 58.1 Å². The summed E-state index contributed by atoms with van der Waals surface area (Å²) < 4.78 is 32.7. The van der Waals surface area contributed by atoms with Gasteiger partial charge in [0, 0.05) is 10.5 Å². The molecule has 0 fully saturated rings. The highest BCUT2D eigenvalue weighted by molar-refractivity contribution is 9.10. The lowest BCUT2D eigenvalue weighted by molar-refractivity contribution is 0.101. The van der Waals surface area contributed by atoms with Crippen LogP contribution in [-0.2, 0) is 0 Å². The molecule has 5 heteroatoms. The Morgan fingerprint density at radius 2 is 1.95 bits per heavy atom. The van der Waals surface area contributed by atoms with Crippen LogP contribution in [0.15, 0.2) is 40.9 Å². The predicted octanol–water partition coefficient (Wildman–Crippen LogP) is 4.72. The zero-order valence-corrected chi connectivity index (χ0v) is 11.5. The van der Waals surface area contributed by atoms with E-state index < -0.39 is 17.4 Å². The maximum Gasteiger partial charge on any atom is 0.166 e. The molecule has 0 unspecified atom stereocenters. The molecule has 2 aromatic carbocycles. The minimum absolute atomic E-state index is 0.0602. The summed E-state index contributed by atoms with van der Waals surface area (Å²) in [6.45, 7) is 1.24. The number of hydrogen-bond acceptors (Lipinski definition) is 2. The molecule has 19 heavy (non-hydrogen) atoms. The highest BCUT2D eigenvalue weighted by atomic mass is 79.9. The Hall–Kier alpha value is -1.75. The lowest BCUT2D eigenvalue weighted by Crippen LogP contribution is -2.01. The van der Waals surface area contributed by atoms with Crippen LogP contribution in [0.1, 0.15) is 17.3 Å². The summed E-state index contributed by atoms with van der Waals surface area (Å²) in [5.41, 5.74) is -0.150. The van der Waals surface area contributed by atoms with E-state index in [-0.39, 0.29) is 17.1 Å². The molecule has 0 amide bonds. The number of carbonyl (C=O) groups is 1. The van der Waals surface area contributed by atoms with Gasteiger partial charge in [-0.25, -0.2) is 8.78 Å². The van der Waals surface area contributed by atoms with Crippen molar-refractivity contribution >= 4 is 21.7 Å². The number of rotatable bonds is 3. The number of benzene rings is 2. The number of hydrogen-bond donors (Lipinski definition) is 0. The Morgan fingerprint density at radius 3 is 2.58 bits per heavy atom. The van der Waals surface area contributed by atoms with Gasteiger partial charge in [-0.15, -0.1) is 0 Å². The molecular weight excluding hydrogens is 318 g/mol. The monoisotopic (exact) mass is 326 g/mol. The van der Waals surface area contributed by atoms with Crippen molar-refractivity contribution in [2.24, 2.45) is 0 Å². The summed E-state index contributed by atoms with van der Waals surface area (Å²) in [7, 11) is 0. The third-order valence-electron chi connectivity index (χ3n) is 2.39. The van der Waals surface area contributed by atoms with Crippen LogP contribution >= 0.6 is 15.9 Å². The van der Waals surface area contributed by atoms with Gasteiger partial charge in [0.25, 0.3) is 0 Å². The van der Waals surface area contributed by atoms with Gasteiger partial charge >= 0.3 is 0 Å². The zero-order chi connectivity index (χ0) is 14.0. The Bertz CT molecular complexity index is 621. The number of halogens is 3. The highest BCUT2D eigenvalue weighted by Gasteiger charge is 2.15. The lowest BCUT2D eigenvalue weighted by Gasteiger charge is -2.10. The van der Waals surface area contributed by atoms with E-state index in [2.05, 4.69) is 15.9 Å². The molecule has 0 atom stereocenters. The fourth-order valence-corrected chi connectivity index (χ4v) is 2.09. The molecule has 0 aliphatic heterocycles. The topological polar surface area (TPSA) is 26.3 Å². The number of ether oxygens (including phenoxy) is 1. The van der Waals surface area contributed by atoms with Crippen LogP contribution in [0.5, 0.6) is 11.5 Å². The first-order chi connectivity index (χ1) is 8.97. The van der Waals surface area contributed by atoms with Gasteiger partial charge in [0.05, 0.1) is 5.56 Å². The first-order valence-corrected chi connectivity index (χ1v) is 6.20. The zero-order valence-electron chi connectivity index (χ0n) is 9.91. The summed E-state index contributed by atoms with van der Waals surface area (Å²) in [6.07, 6.45) is 0. The van der Waals surface area contributed by atoms with Gasteiger partial charge in [0.1, 0.15) is 23.1 Å². The van der Waals surface area contributed by atoms with Crippen LogP contribution in [0.4, 0.5) is 8.78 Å². The molecule has 0 radical (unpaired) electrons. The second-order valence-corrected chi connectivity index (χ2v) is 4.79. The first-order valence-electron chi connectivity index (χ1n) is 5.41. The van der Waals surface area contributed by atoms with Gasteiger partial charge in [-0.1, -0.05) is 22.0 Å². The van der Waals surface area contributed by atoms with Gasteiger partial charge in [0.2, 0.25) is 0 Å². The van der Waals surface area contributed by atoms with Crippen molar-refractivity contribution in [3.63, 3.8) is 0 Å².